The highest BCUT2D eigenvalue weighted by atomic mass is 32.2. The lowest BCUT2D eigenvalue weighted by Gasteiger charge is -2.17. The van der Waals surface area contributed by atoms with E-state index >= 15 is 0 Å². The molecule has 0 bridgehead atoms. The molecule has 1 heterocycles. The van der Waals surface area contributed by atoms with Gasteiger partial charge in [0, 0.05) is 13.1 Å². The number of sulfonamides is 1. The summed E-state index contributed by atoms with van der Waals surface area (Å²) in [6, 6.07) is 5.22. The molecule has 2 N–H and O–H groups in total. The average molecular weight is 432 g/mol. The fourth-order valence-corrected chi connectivity index (χ4v) is 4.23. The standard InChI is InChI=1S/C16H21N3O5S3/c1-2-24-15(21)12-5-7-13(8-6-12)27(22,23)18-17-14(20)11-26-16(25)19-9-3-4-10-19/h5-8,18H,2-4,9-11H2,1H3,(H,17,20). The second kappa shape index (κ2) is 10.0. The summed E-state index contributed by atoms with van der Waals surface area (Å²) in [5, 5.41) is 0. The molecule has 27 heavy (non-hydrogen) atoms. The molecular weight excluding hydrogens is 410 g/mol. The van der Waals surface area contributed by atoms with Crippen molar-refractivity contribution in [3.63, 3.8) is 0 Å². The van der Waals surface area contributed by atoms with Gasteiger partial charge < -0.3 is 9.64 Å². The second-order valence-corrected chi connectivity index (χ2v) is 8.94. The first-order valence-corrected chi connectivity index (χ1v) is 11.2. The molecule has 0 atom stereocenters. The monoisotopic (exact) mass is 431 g/mol. The fourth-order valence-electron chi connectivity index (χ4n) is 2.32. The molecule has 8 nitrogen and oxygen atoms in total. The largest absolute Gasteiger partial charge is 0.462 e. The van der Waals surface area contributed by atoms with Crippen molar-refractivity contribution in [3.05, 3.63) is 29.8 Å². The summed E-state index contributed by atoms with van der Waals surface area (Å²) in [7, 11) is -3.95. The number of benzene rings is 1. The number of hydrogen-bond donors (Lipinski definition) is 2. The van der Waals surface area contributed by atoms with Crippen LogP contribution in [0, 0.1) is 0 Å². The molecule has 1 aromatic carbocycles. The number of hydrazine groups is 1. The zero-order valence-corrected chi connectivity index (χ0v) is 17.2. The molecule has 0 aliphatic carbocycles. The number of amides is 1. The van der Waals surface area contributed by atoms with Crippen LogP contribution in [0.4, 0.5) is 0 Å². The zero-order chi connectivity index (χ0) is 19.9. The summed E-state index contributed by atoms with van der Waals surface area (Å²) >= 11 is 6.45. The van der Waals surface area contributed by atoms with Crippen LogP contribution in [0.5, 0.6) is 0 Å². The van der Waals surface area contributed by atoms with E-state index in [2.05, 4.69) is 5.43 Å². The minimum absolute atomic E-state index is 0.0135. The van der Waals surface area contributed by atoms with Crippen LogP contribution >= 0.6 is 24.0 Å². The Kier molecular flexibility index (Phi) is 8.02. The van der Waals surface area contributed by atoms with Gasteiger partial charge in [-0.15, -0.1) is 4.83 Å². The molecule has 1 saturated heterocycles. The molecule has 1 aliphatic heterocycles. The smallest absolute Gasteiger partial charge is 0.338 e. The third-order valence-electron chi connectivity index (χ3n) is 3.69. The minimum Gasteiger partial charge on any atom is -0.462 e. The predicted octanol–water partition coefficient (Wildman–Crippen LogP) is 1.29. The van der Waals surface area contributed by atoms with Crippen molar-refractivity contribution in [2.75, 3.05) is 25.4 Å². The van der Waals surface area contributed by atoms with Crippen molar-refractivity contribution in [1.82, 2.24) is 15.2 Å². The molecule has 2 rings (SSSR count). The normalized spacial score (nSPS) is 14.0. The molecule has 11 heteroatoms. The minimum atomic E-state index is -3.95. The molecule has 0 saturated carbocycles. The topological polar surface area (TPSA) is 105 Å². The first-order valence-electron chi connectivity index (χ1n) is 8.33. The van der Waals surface area contributed by atoms with E-state index in [0.29, 0.717) is 4.32 Å². The third-order valence-corrected chi connectivity index (χ3v) is 6.48. The van der Waals surface area contributed by atoms with E-state index in [9.17, 15) is 18.0 Å². The maximum absolute atomic E-state index is 12.2. The van der Waals surface area contributed by atoms with Gasteiger partial charge >= 0.3 is 5.97 Å². The number of nitrogens with one attached hydrogen (secondary N) is 2. The summed E-state index contributed by atoms with van der Waals surface area (Å²) in [4.78, 5) is 27.4. The molecule has 1 aromatic rings. The van der Waals surface area contributed by atoms with Crippen LogP contribution in [0.25, 0.3) is 0 Å². The Labute approximate surface area is 168 Å². The number of rotatable bonds is 7. The second-order valence-electron chi connectivity index (χ2n) is 5.65. The average Bonchev–Trinajstić information content (AvgIpc) is 3.19. The number of thioether (sulfide) groups is 1. The number of ether oxygens (including phenoxy) is 1. The Morgan fingerprint density at radius 1 is 1.22 bits per heavy atom. The molecule has 1 amide bonds. The maximum Gasteiger partial charge on any atom is 0.338 e. The summed E-state index contributed by atoms with van der Waals surface area (Å²) < 4.78 is 29.9. The van der Waals surface area contributed by atoms with Gasteiger partial charge in [0.1, 0.15) is 4.32 Å². The number of nitrogens with zero attached hydrogens (tertiary/aromatic N) is 1. The Morgan fingerprint density at radius 2 is 1.85 bits per heavy atom. The predicted molar refractivity (Wildman–Crippen MR) is 107 cm³/mol. The van der Waals surface area contributed by atoms with E-state index in [1.807, 2.05) is 9.73 Å². The Hall–Kier alpha value is -1.69. The van der Waals surface area contributed by atoms with E-state index < -0.39 is 21.9 Å². The first-order chi connectivity index (χ1) is 12.8. The number of thiocarbonyl (C=S) groups is 1. The molecule has 1 fully saturated rings. The number of hydrogen-bond acceptors (Lipinski definition) is 7. The van der Waals surface area contributed by atoms with Crippen LogP contribution in [-0.4, -0.2) is 55.0 Å². The van der Waals surface area contributed by atoms with E-state index in [0.717, 1.165) is 25.9 Å². The lowest BCUT2D eigenvalue weighted by atomic mass is 10.2. The summed E-state index contributed by atoms with van der Waals surface area (Å²) in [6.07, 6.45) is 2.17. The number of carbonyl (C=O) groups excluding carboxylic acids is 2. The van der Waals surface area contributed by atoms with Gasteiger partial charge in [-0.1, -0.05) is 24.0 Å². The highest BCUT2D eigenvalue weighted by Crippen LogP contribution is 2.16. The Morgan fingerprint density at radius 3 is 2.44 bits per heavy atom. The van der Waals surface area contributed by atoms with Gasteiger partial charge in [-0.2, -0.15) is 0 Å². The first kappa shape index (κ1) is 21.6. The van der Waals surface area contributed by atoms with Crippen LogP contribution in [0.15, 0.2) is 29.2 Å². The van der Waals surface area contributed by atoms with Crippen molar-refractivity contribution >= 4 is 50.2 Å². The lowest BCUT2D eigenvalue weighted by molar-refractivity contribution is -0.119. The Balaban J connectivity index is 1.83. The molecule has 1 aliphatic rings. The molecule has 0 aromatic heterocycles. The van der Waals surface area contributed by atoms with E-state index in [4.69, 9.17) is 17.0 Å². The van der Waals surface area contributed by atoms with Crippen molar-refractivity contribution in [1.29, 1.82) is 0 Å². The van der Waals surface area contributed by atoms with Gasteiger partial charge in [-0.25, -0.2) is 13.2 Å². The highest BCUT2D eigenvalue weighted by Gasteiger charge is 2.18. The van der Waals surface area contributed by atoms with Gasteiger partial charge in [-0.05, 0) is 44.0 Å². The van der Waals surface area contributed by atoms with Gasteiger partial charge in [0.05, 0.1) is 22.8 Å². The molecular formula is C16H21N3O5S3. The highest BCUT2D eigenvalue weighted by molar-refractivity contribution is 8.23. The molecule has 148 valence electrons. The van der Waals surface area contributed by atoms with E-state index in [-0.39, 0.29) is 22.8 Å². The number of esters is 1. The third kappa shape index (κ3) is 6.45. The van der Waals surface area contributed by atoms with Crippen molar-refractivity contribution in [2.24, 2.45) is 0 Å². The van der Waals surface area contributed by atoms with E-state index in [1.165, 1.54) is 36.0 Å². The zero-order valence-electron chi connectivity index (χ0n) is 14.8. The van der Waals surface area contributed by atoms with Crippen LogP contribution in [0.2, 0.25) is 0 Å². The quantitative estimate of drug-likeness (QED) is 0.378. The summed E-state index contributed by atoms with van der Waals surface area (Å²) in [5.41, 5.74) is 2.40. The molecule has 0 unspecified atom stereocenters. The fraction of sp³-hybridized carbons (Fsp3) is 0.438. The van der Waals surface area contributed by atoms with Gasteiger partial charge in [-0.3, -0.25) is 10.2 Å². The van der Waals surface area contributed by atoms with Crippen LogP contribution in [-0.2, 0) is 19.6 Å². The SMILES string of the molecule is CCOC(=O)c1ccc(S(=O)(=O)NNC(=O)CSC(=S)N2CCCC2)cc1. The molecule has 0 spiro atoms. The summed E-state index contributed by atoms with van der Waals surface area (Å²) in [6.45, 7) is 3.69. The Bertz CT molecular complexity index is 790. The van der Waals surface area contributed by atoms with Gasteiger partial charge in [0.25, 0.3) is 10.0 Å². The van der Waals surface area contributed by atoms with E-state index in [1.54, 1.807) is 6.92 Å². The maximum atomic E-state index is 12.2. The molecule has 0 radical (unpaired) electrons. The summed E-state index contributed by atoms with van der Waals surface area (Å²) in [5.74, 6) is -1.03. The lowest BCUT2D eigenvalue weighted by Crippen LogP contribution is -2.42. The van der Waals surface area contributed by atoms with Crippen LogP contribution in [0.3, 0.4) is 0 Å². The van der Waals surface area contributed by atoms with Gasteiger partial charge in [0.2, 0.25) is 5.91 Å². The van der Waals surface area contributed by atoms with Crippen LogP contribution < -0.4 is 10.3 Å². The number of carbonyl (C=O) groups is 2. The van der Waals surface area contributed by atoms with Gasteiger partial charge in [0.15, 0.2) is 0 Å². The van der Waals surface area contributed by atoms with Crippen molar-refractivity contribution in [3.8, 4) is 0 Å². The number of likely N-dealkylation sites (tertiary alicyclic amines) is 1. The van der Waals surface area contributed by atoms with Crippen molar-refractivity contribution in [2.45, 2.75) is 24.7 Å². The van der Waals surface area contributed by atoms with Crippen LogP contribution in [0.1, 0.15) is 30.1 Å². The van der Waals surface area contributed by atoms with Crippen molar-refractivity contribution < 1.29 is 22.7 Å².